The van der Waals surface area contributed by atoms with Crippen LogP contribution in [0.5, 0.6) is 0 Å². The second-order valence-corrected chi connectivity index (χ2v) is 3.86. The van der Waals surface area contributed by atoms with E-state index in [9.17, 15) is 4.79 Å². The van der Waals surface area contributed by atoms with Crippen molar-refractivity contribution in [2.45, 2.75) is 13.8 Å². The van der Waals surface area contributed by atoms with E-state index < -0.39 is 5.97 Å². The lowest BCUT2D eigenvalue weighted by atomic mass is 10.0. The molecule has 78 valence electrons. The van der Waals surface area contributed by atoms with Crippen LogP contribution in [-0.4, -0.2) is 15.6 Å². The summed E-state index contributed by atoms with van der Waals surface area (Å²) in [5.74, 6) is -0.860. The molecule has 1 aromatic heterocycles. The maximum atomic E-state index is 11.0. The number of aryl methyl sites for hydroxylation is 3. The minimum Gasteiger partial charge on any atom is -0.478 e. The smallest absolute Gasteiger partial charge is 0.335 e. The van der Waals surface area contributed by atoms with Gasteiger partial charge in [-0.2, -0.15) is 0 Å². The van der Waals surface area contributed by atoms with Crippen LogP contribution in [0.15, 0.2) is 18.3 Å². The van der Waals surface area contributed by atoms with Gasteiger partial charge in [0.2, 0.25) is 0 Å². The topological polar surface area (TPSA) is 42.2 Å². The molecule has 2 aromatic rings. The average molecular weight is 203 g/mol. The van der Waals surface area contributed by atoms with E-state index in [4.69, 9.17) is 5.11 Å². The van der Waals surface area contributed by atoms with Gasteiger partial charge >= 0.3 is 5.97 Å². The third-order valence-electron chi connectivity index (χ3n) is 2.85. The van der Waals surface area contributed by atoms with Crippen LogP contribution in [0.1, 0.15) is 21.5 Å². The van der Waals surface area contributed by atoms with Crippen LogP contribution in [0.3, 0.4) is 0 Å². The van der Waals surface area contributed by atoms with E-state index in [0.717, 1.165) is 22.0 Å². The van der Waals surface area contributed by atoms with Gasteiger partial charge in [-0.25, -0.2) is 4.79 Å². The van der Waals surface area contributed by atoms with E-state index >= 15 is 0 Å². The molecule has 0 aliphatic carbocycles. The summed E-state index contributed by atoms with van der Waals surface area (Å²) in [7, 11) is 1.97. The van der Waals surface area contributed by atoms with Gasteiger partial charge in [-0.1, -0.05) is 0 Å². The third kappa shape index (κ3) is 1.31. The Labute approximate surface area is 87.9 Å². The zero-order chi connectivity index (χ0) is 11.2. The molecule has 0 aliphatic heterocycles. The first-order valence-corrected chi connectivity index (χ1v) is 4.81. The molecule has 15 heavy (non-hydrogen) atoms. The lowest BCUT2D eigenvalue weighted by Gasteiger charge is -2.07. The average Bonchev–Trinajstić information content (AvgIpc) is 2.54. The highest BCUT2D eigenvalue weighted by Crippen LogP contribution is 2.26. The normalized spacial score (nSPS) is 10.9. The van der Waals surface area contributed by atoms with Crippen molar-refractivity contribution in [3.05, 3.63) is 35.0 Å². The van der Waals surface area contributed by atoms with Crippen molar-refractivity contribution >= 4 is 16.9 Å². The van der Waals surface area contributed by atoms with Gasteiger partial charge in [-0.05, 0) is 37.1 Å². The van der Waals surface area contributed by atoms with Gasteiger partial charge in [0.25, 0.3) is 0 Å². The molecule has 0 fully saturated rings. The SMILES string of the molecule is Cc1c(C(=O)O)cc(C)c2c1ccn2C. The number of hydrogen-bond acceptors (Lipinski definition) is 1. The van der Waals surface area contributed by atoms with Gasteiger partial charge in [0.05, 0.1) is 11.1 Å². The molecule has 0 radical (unpaired) electrons. The Hall–Kier alpha value is -1.77. The van der Waals surface area contributed by atoms with Crippen molar-refractivity contribution in [1.82, 2.24) is 4.57 Å². The number of benzene rings is 1. The standard InChI is InChI=1S/C12H13NO2/c1-7-6-10(12(14)15)8(2)9-4-5-13(3)11(7)9/h4-6H,1-3H3,(H,14,15). The highest BCUT2D eigenvalue weighted by molar-refractivity contribution is 5.98. The van der Waals surface area contributed by atoms with Crippen molar-refractivity contribution in [3.8, 4) is 0 Å². The number of fused-ring (bicyclic) bond motifs is 1. The Morgan fingerprint density at radius 3 is 2.67 bits per heavy atom. The second kappa shape index (κ2) is 3.12. The molecule has 3 nitrogen and oxygen atoms in total. The number of aromatic carboxylic acids is 1. The van der Waals surface area contributed by atoms with Crippen LogP contribution in [0.2, 0.25) is 0 Å². The number of aromatic nitrogens is 1. The summed E-state index contributed by atoms with van der Waals surface area (Å²) in [5.41, 5.74) is 3.34. The van der Waals surface area contributed by atoms with E-state index in [-0.39, 0.29) is 0 Å². The molecular formula is C12H13NO2. The molecule has 0 atom stereocenters. The first kappa shape index (κ1) is 9.77. The predicted octanol–water partition coefficient (Wildman–Crippen LogP) is 2.49. The largest absolute Gasteiger partial charge is 0.478 e. The summed E-state index contributed by atoms with van der Waals surface area (Å²) in [5, 5.41) is 10.1. The van der Waals surface area contributed by atoms with E-state index in [1.165, 1.54) is 0 Å². The number of carbonyl (C=O) groups is 1. The molecule has 1 aromatic carbocycles. The summed E-state index contributed by atoms with van der Waals surface area (Å²) in [6, 6.07) is 3.70. The lowest BCUT2D eigenvalue weighted by Crippen LogP contribution is -2.01. The van der Waals surface area contributed by atoms with Gasteiger partial charge in [0, 0.05) is 18.6 Å². The predicted molar refractivity (Wildman–Crippen MR) is 59.4 cm³/mol. The summed E-state index contributed by atoms with van der Waals surface area (Å²) in [4.78, 5) is 11.0. The van der Waals surface area contributed by atoms with E-state index in [1.807, 2.05) is 37.7 Å². The van der Waals surface area contributed by atoms with Crippen LogP contribution in [0.4, 0.5) is 0 Å². The molecule has 0 unspecified atom stereocenters. The molecule has 0 amide bonds. The highest BCUT2D eigenvalue weighted by atomic mass is 16.4. The molecular weight excluding hydrogens is 190 g/mol. The molecule has 2 rings (SSSR count). The molecule has 3 heteroatoms. The van der Waals surface area contributed by atoms with E-state index in [2.05, 4.69) is 0 Å². The maximum absolute atomic E-state index is 11.0. The molecule has 0 spiro atoms. The van der Waals surface area contributed by atoms with Gasteiger partial charge in [-0.15, -0.1) is 0 Å². The fourth-order valence-corrected chi connectivity index (χ4v) is 2.08. The number of hydrogen-bond donors (Lipinski definition) is 1. The monoisotopic (exact) mass is 203 g/mol. The Kier molecular flexibility index (Phi) is 2.03. The first-order valence-electron chi connectivity index (χ1n) is 4.81. The fraction of sp³-hybridized carbons (Fsp3) is 0.250. The number of carboxylic acid groups (broad SMARTS) is 1. The number of rotatable bonds is 1. The Morgan fingerprint density at radius 1 is 1.40 bits per heavy atom. The molecule has 0 bridgehead atoms. The molecule has 0 saturated carbocycles. The summed E-state index contributed by atoms with van der Waals surface area (Å²) in [6.45, 7) is 3.79. The van der Waals surface area contributed by atoms with Crippen LogP contribution >= 0.6 is 0 Å². The lowest BCUT2D eigenvalue weighted by molar-refractivity contribution is 0.0696. The van der Waals surface area contributed by atoms with Crippen molar-refractivity contribution in [2.75, 3.05) is 0 Å². The van der Waals surface area contributed by atoms with Gasteiger partial charge in [0.1, 0.15) is 0 Å². The van der Waals surface area contributed by atoms with Crippen molar-refractivity contribution < 1.29 is 9.90 Å². The fourth-order valence-electron chi connectivity index (χ4n) is 2.08. The quantitative estimate of drug-likeness (QED) is 0.773. The van der Waals surface area contributed by atoms with Gasteiger partial charge < -0.3 is 9.67 Å². The van der Waals surface area contributed by atoms with Crippen LogP contribution < -0.4 is 0 Å². The minimum atomic E-state index is -0.860. The zero-order valence-electron chi connectivity index (χ0n) is 9.03. The highest BCUT2D eigenvalue weighted by Gasteiger charge is 2.13. The first-order chi connectivity index (χ1) is 7.02. The van der Waals surface area contributed by atoms with Crippen molar-refractivity contribution in [2.24, 2.45) is 7.05 Å². The van der Waals surface area contributed by atoms with Crippen LogP contribution in [-0.2, 0) is 7.05 Å². The maximum Gasteiger partial charge on any atom is 0.335 e. The summed E-state index contributed by atoms with van der Waals surface area (Å²) in [6.07, 6.45) is 1.95. The third-order valence-corrected chi connectivity index (χ3v) is 2.85. The Balaban J connectivity index is 2.92. The molecule has 1 heterocycles. The van der Waals surface area contributed by atoms with Crippen LogP contribution in [0, 0.1) is 13.8 Å². The van der Waals surface area contributed by atoms with E-state index in [0.29, 0.717) is 5.56 Å². The minimum absolute atomic E-state index is 0.395. The van der Waals surface area contributed by atoms with Crippen molar-refractivity contribution in [3.63, 3.8) is 0 Å². The number of nitrogens with zero attached hydrogens (tertiary/aromatic N) is 1. The van der Waals surface area contributed by atoms with Gasteiger partial charge in [0.15, 0.2) is 0 Å². The molecule has 0 aliphatic rings. The van der Waals surface area contributed by atoms with Crippen LogP contribution in [0.25, 0.3) is 10.9 Å². The summed E-state index contributed by atoms with van der Waals surface area (Å²) >= 11 is 0. The zero-order valence-corrected chi connectivity index (χ0v) is 9.03. The van der Waals surface area contributed by atoms with Gasteiger partial charge in [-0.3, -0.25) is 0 Å². The molecule has 0 saturated heterocycles. The Bertz CT molecular complexity index is 552. The second-order valence-electron chi connectivity index (χ2n) is 3.86. The van der Waals surface area contributed by atoms with E-state index in [1.54, 1.807) is 6.07 Å². The molecule has 1 N–H and O–H groups in total. The summed E-state index contributed by atoms with van der Waals surface area (Å²) < 4.78 is 2.02. The van der Waals surface area contributed by atoms with Crippen molar-refractivity contribution in [1.29, 1.82) is 0 Å². The Morgan fingerprint density at radius 2 is 2.07 bits per heavy atom. The number of carboxylic acids is 1.